The Hall–Kier alpha value is -4.02. The number of azo groups is 1. The number of nitrogens with one attached hydrogen (secondary N) is 2. The third-order valence-corrected chi connectivity index (χ3v) is 7.09. The van der Waals surface area contributed by atoms with E-state index < -0.39 is 6.04 Å². The third kappa shape index (κ3) is 7.52. The number of carbonyl (C=O) groups is 2. The number of thioether (sulfide) groups is 1. The van der Waals surface area contributed by atoms with E-state index in [4.69, 9.17) is 11.6 Å². The van der Waals surface area contributed by atoms with E-state index in [1.165, 1.54) is 11.8 Å². The molecule has 0 unspecified atom stereocenters. The molecule has 0 spiro atoms. The lowest BCUT2D eigenvalue weighted by Crippen LogP contribution is -2.33. The van der Waals surface area contributed by atoms with Gasteiger partial charge in [-0.15, -0.1) is 10.2 Å². The van der Waals surface area contributed by atoms with Crippen molar-refractivity contribution in [2.45, 2.75) is 25.0 Å². The Bertz CT molecular complexity index is 1460. The van der Waals surface area contributed by atoms with Crippen molar-refractivity contribution in [3.05, 3.63) is 95.3 Å². The predicted octanol–water partition coefficient (Wildman–Crippen LogP) is 6.74. The van der Waals surface area contributed by atoms with Gasteiger partial charge in [-0.3, -0.25) is 9.59 Å². The predicted molar refractivity (Wildman–Crippen MR) is 154 cm³/mol. The van der Waals surface area contributed by atoms with E-state index in [9.17, 15) is 9.59 Å². The maximum Gasteiger partial charge on any atom is 0.253 e. The van der Waals surface area contributed by atoms with Crippen LogP contribution in [0.4, 0.5) is 17.1 Å². The number of hydrogen-bond donors (Lipinski definition) is 2. The first kappa shape index (κ1) is 28.0. The second-order valence-corrected chi connectivity index (χ2v) is 10.3. The molecular weight excluding hydrogens is 534 g/mol. The fourth-order valence-corrected chi connectivity index (χ4v) is 4.60. The standard InChI is InChI=1S/C28H28ClN7O2S/c1-18(2)25(31-27(38)22-11-7-8-12-23(22)29)26-34-35-28(36(26)3)39-17-24(37)30-19-13-15-21(16-14-19)33-32-20-9-5-4-6-10-20/h4-16,18,25H,17H2,1-3H3,(H,30,37)(H,31,38)/t25-/m0/s1. The quantitative estimate of drug-likeness (QED) is 0.164. The van der Waals surface area contributed by atoms with Gasteiger partial charge in [0.2, 0.25) is 5.91 Å². The molecule has 3 aromatic carbocycles. The molecule has 0 aliphatic heterocycles. The van der Waals surface area contributed by atoms with Gasteiger partial charge in [-0.05, 0) is 54.4 Å². The van der Waals surface area contributed by atoms with Crippen LogP contribution in [0.3, 0.4) is 0 Å². The van der Waals surface area contributed by atoms with E-state index in [2.05, 4.69) is 31.1 Å². The molecule has 0 aliphatic rings. The van der Waals surface area contributed by atoms with Gasteiger partial charge in [-0.25, -0.2) is 0 Å². The average Bonchev–Trinajstić information content (AvgIpc) is 3.30. The molecule has 4 aromatic rings. The summed E-state index contributed by atoms with van der Waals surface area (Å²) in [4.78, 5) is 25.4. The maximum absolute atomic E-state index is 12.9. The summed E-state index contributed by atoms with van der Waals surface area (Å²) in [6.07, 6.45) is 0. The van der Waals surface area contributed by atoms with Crippen molar-refractivity contribution in [2.24, 2.45) is 23.2 Å². The van der Waals surface area contributed by atoms with Crippen LogP contribution >= 0.6 is 23.4 Å². The van der Waals surface area contributed by atoms with Crippen molar-refractivity contribution in [3.63, 3.8) is 0 Å². The summed E-state index contributed by atoms with van der Waals surface area (Å²) in [5, 5.41) is 23.8. The van der Waals surface area contributed by atoms with Crippen LogP contribution < -0.4 is 10.6 Å². The minimum Gasteiger partial charge on any atom is -0.342 e. The van der Waals surface area contributed by atoms with Crippen LogP contribution in [-0.4, -0.2) is 32.3 Å². The molecule has 1 heterocycles. The van der Waals surface area contributed by atoms with Gasteiger partial charge in [0.05, 0.1) is 33.8 Å². The highest BCUT2D eigenvalue weighted by atomic mass is 35.5. The van der Waals surface area contributed by atoms with Gasteiger partial charge in [0.15, 0.2) is 11.0 Å². The summed E-state index contributed by atoms with van der Waals surface area (Å²) in [6.45, 7) is 3.97. The van der Waals surface area contributed by atoms with Crippen LogP contribution in [0, 0.1) is 5.92 Å². The summed E-state index contributed by atoms with van der Waals surface area (Å²) in [5.41, 5.74) is 2.49. The van der Waals surface area contributed by atoms with Crippen LogP contribution in [0.5, 0.6) is 0 Å². The lowest BCUT2D eigenvalue weighted by Gasteiger charge is -2.22. The zero-order chi connectivity index (χ0) is 27.8. The fourth-order valence-electron chi connectivity index (χ4n) is 3.67. The van der Waals surface area contributed by atoms with Gasteiger partial charge in [0.25, 0.3) is 5.91 Å². The Balaban J connectivity index is 1.34. The monoisotopic (exact) mass is 561 g/mol. The van der Waals surface area contributed by atoms with Crippen LogP contribution in [-0.2, 0) is 11.8 Å². The molecule has 0 bridgehead atoms. The lowest BCUT2D eigenvalue weighted by atomic mass is 10.0. The Labute approximate surface area is 236 Å². The molecule has 39 heavy (non-hydrogen) atoms. The van der Waals surface area contributed by atoms with Crippen LogP contribution in [0.15, 0.2) is 94.2 Å². The second-order valence-electron chi connectivity index (χ2n) is 8.99. The van der Waals surface area contributed by atoms with Crippen molar-refractivity contribution < 1.29 is 9.59 Å². The Morgan fingerprint density at radius 2 is 1.56 bits per heavy atom. The molecule has 2 N–H and O–H groups in total. The molecule has 4 rings (SSSR count). The SMILES string of the molecule is CC(C)[C@H](NC(=O)c1ccccc1Cl)c1nnc(SCC(=O)Nc2ccc(N=Nc3ccccc3)cc2)n1C. The molecule has 1 aromatic heterocycles. The first-order chi connectivity index (χ1) is 18.8. The smallest absolute Gasteiger partial charge is 0.253 e. The summed E-state index contributed by atoms with van der Waals surface area (Å²) < 4.78 is 1.79. The number of carbonyl (C=O) groups excluding carboxylic acids is 2. The second kappa shape index (κ2) is 13.2. The summed E-state index contributed by atoms with van der Waals surface area (Å²) >= 11 is 7.45. The minimum absolute atomic E-state index is 0.0377. The van der Waals surface area contributed by atoms with Gasteiger partial charge in [0, 0.05) is 12.7 Å². The van der Waals surface area contributed by atoms with Gasteiger partial charge in [-0.2, -0.15) is 10.2 Å². The van der Waals surface area contributed by atoms with Crippen LogP contribution in [0.25, 0.3) is 0 Å². The van der Waals surface area contributed by atoms with Crippen LogP contribution in [0.1, 0.15) is 36.1 Å². The van der Waals surface area contributed by atoms with E-state index >= 15 is 0 Å². The third-order valence-electron chi connectivity index (χ3n) is 5.74. The van der Waals surface area contributed by atoms with Crippen molar-refractivity contribution in [1.29, 1.82) is 0 Å². The average molecular weight is 562 g/mol. The largest absolute Gasteiger partial charge is 0.342 e. The van der Waals surface area contributed by atoms with Gasteiger partial charge >= 0.3 is 0 Å². The van der Waals surface area contributed by atoms with E-state index in [0.717, 1.165) is 5.69 Å². The highest BCUT2D eigenvalue weighted by Gasteiger charge is 2.26. The Morgan fingerprint density at radius 3 is 2.23 bits per heavy atom. The van der Waals surface area contributed by atoms with Crippen molar-refractivity contribution in [2.75, 3.05) is 11.1 Å². The number of hydrogen-bond acceptors (Lipinski definition) is 7. The Morgan fingerprint density at radius 1 is 0.923 bits per heavy atom. The van der Waals surface area contributed by atoms with Crippen molar-refractivity contribution >= 4 is 52.2 Å². The molecule has 200 valence electrons. The Kier molecular flexibility index (Phi) is 9.45. The molecule has 0 radical (unpaired) electrons. The zero-order valence-corrected chi connectivity index (χ0v) is 23.3. The molecule has 1 atom stereocenters. The zero-order valence-electron chi connectivity index (χ0n) is 21.7. The highest BCUT2D eigenvalue weighted by Crippen LogP contribution is 2.26. The summed E-state index contributed by atoms with van der Waals surface area (Å²) in [7, 11) is 1.81. The normalized spacial score (nSPS) is 12.0. The van der Waals surface area contributed by atoms with Crippen LogP contribution in [0.2, 0.25) is 5.02 Å². The molecule has 9 nitrogen and oxygen atoms in total. The van der Waals surface area contributed by atoms with E-state index in [1.54, 1.807) is 53.1 Å². The number of anilines is 1. The first-order valence-corrected chi connectivity index (χ1v) is 13.6. The van der Waals surface area contributed by atoms with E-state index in [-0.39, 0.29) is 23.5 Å². The molecule has 2 amide bonds. The van der Waals surface area contributed by atoms with Gasteiger partial charge < -0.3 is 15.2 Å². The summed E-state index contributed by atoms with van der Waals surface area (Å²) in [5.74, 6) is 0.295. The van der Waals surface area contributed by atoms with Crippen molar-refractivity contribution in [3.8, 4) is 0 Å². The number of amides is 2. The van der Waals surface area contributed by atoms with Gasteiger partial charge in [-0.1, -0.05) is 67.5 Å². The molecule has 11 heteroatoms. The molecular formula is C28H28ClN7O2S. The molecule has 0 aliphatic carbocycles. The first-order valence-electron chi connectivity index (χ1n) is 12.3. The van der Waals surface area contributed by atoms with E-state index in [1.807, 2.05) is 51.2 Å². The summed E-state index contributed by atoms with van der Waals surface area (Å²) in [6, 6.07) is 23.1. The number of rotatable bonds is 10. The lowest BCUT2D eigenvalue weighted by molar-refractivity contribution is -0.113. The highest BCUT2D eigenvalue weighted by molar-refractivity contribution is 7.99. The number of aromatic nitrogens is 3. The van der Waals surface area contributed by atoms with Crippen molar-refractivity contribution in [1.82, 2.24) is 20.1 Å². The number of halogens is 1. The molecule has 0 saturated carbocycles. The topological polar surface area (TPSA) is 114 Å². The molecule has 0 fully saturated rings. The fraction of sp³-hybridized carbons (Fsp3) is 0.214. The van der Waals surface area contributed by atoms with E-state index in [0.29, 0.717) is 32.9 Å². The molecule has 0 saturated heterocycles. The number of benzene rings is 3. The van der Waals surface area contributed by atoms with Gasteiger partial charge in [0.1, 0.15) is 0 Å². The minimum atomic E-state index is -0.396. The number of nitrogens with zero attached hydrogens (tertiary/aromatic N) is 5. The maximum atomic E-state index is 12.9.